The Balaban J connectivity index is 1.77. The molecule has 1 heterocycles. The molecule has 0 bridgehead atoms. The first-order valence-corrected chi connectivity index (χ1v) is 7.46. The second-order valence-electron chi connectivity index (χ2n) is 4.50. The molecule has 17 heavy (non-hydrogen) atoms. The fraction of sp³-hybridized carbons (Fsp3) is 0.571. The van der Waals surface area contributed by atoms with E-state index in [1.54, 1.807) is 7.11 Å². The maximum absolute atomic E-state index is 5.34. The van der Waals surface area contributed by atoms with Gasteiger partial charge in [0, 0.05) is 12.1 Å². The molecule has 0 saturated carbocycles. The lowest BCUT2D eigenvalue weighted by atomic mass is 10.0. The summed E-state index contributed by atoms with van der Waals surface area (Å²) in [5.41, 5.74) is 1.25. The van der Waals surface area contributed by atoms with Crippen LogP contribution in [-0.4, -0.2) is 25.2 Å². The van der Waals surface area contributed by atoms with Crippen molar-refractivity contribution in [2.45, 2.75) is 19.4 Å². The summed E-state index contributed by atoms with van der Waals surface area (Å²) < 4.78 is 5.34. The van der Waals surface area contributed by atoms with Gasteiger partial charge in [-0.05, 0) is 42.9 Å². The summed E-state index contributed by atoms with van der Waals surface area (Å²) in [5.74, 6) is 4.52. The van der Waals surface area contributed by atoms with Crippen LogP contribution >= 0.6 is 11.8 Å². The third-order valence-corrected chi connectivity index (χ3v) is 4.33. The van der Waals surface area contributed by atoms with Crippen molar-refractivity contribution >= 4 is 11.8 Å². The molecule has 1 fully saturated rings. The molecule has 1 aliphatic heterocycles. The van der Waals surface area contributed by atoms with Crippen LogP contribution < -0.4 is 10.1 Å². The molecule has 0 unspecified atom stereocenters. The van der Waals surface area contributed by atoms with Crippen molar-refractivity contribution in [3.8, 4) is 5.75 Å². The first kappa shape index (κ1) is 12.8. The van der Waals surface area contributed by atoms with Gasteiger partial charge in [-0.2, -0.15) is 11.8 Å². The van der Waals surface area contributed by atoms with Crippen LogP contribution in [0.4, 0.5) is 0 Å². The van der Waals surface area contributed by atoms with E-state index in [1.807, 2.05) is 12.1 Å². The Morgan fingerprint density at radius 1 is 1.29 bits per heavy atom. The zero-order valence-electron chi connectivity index (χ0n) is 10.4. The molecule has 3 heteroatoms. The minimum Gasteiger partial charge on any atom is -0.496 e. The van der Waals surface area contributed by atoms with Crippen LogP contribution in [0.15, 0.2) is 24.3 Å². The summed E-state index contributed by atoms with van der Waals surface area (Å²) in [7, 11) is 1.73. The molecular weight excluding hydrogens is 230 g/mol. The molecule has 0 atom stereocenters. The van der Waals surface area contributed by atoms with Crippen molar-refractivity contribution in [2.75, 3.05) is 25.2 Å². The van der Waals surface area contributed by atoms with E-state index in [9.17, 15) is 0 Å². The predicted octanol–water partition coefficient (Wildman–Crippen LogP) is 2.93. The summed E-state index contributed by atoms with van der Waals surface area (Å²) in [5, 5.41) is 3.56. The topological polar surface area (TPSA) is 21.3 Å². The normalized spacial score (nSPS) is 17.0. The van der Waals surface area contributed by atoms with E-state index in [1.165, 1.54) is 29.9 Å². The van der Waals surface area contributed by atoms with Crippen molar-refractivity contribution in [1.82, 2.24) is 5.32 Å². The van der Waals surface area contributed by atoms with Crippen LogP contribution in [0, 0.1) is 5.92 Å². The van der Waals surface area contributed by atoms with Gasteiger partial charge >= 0.3 is 0 Å². The number of para-hydroxylation sites is 1. The predicted molar refractivity (Wildman–Crippen MR) is 74.7 cm³/mol. The highest BCUT2D eigenvalue weighted by Crippen LogP contribution is 2.22. The average Bonchev–Trinajstić information content (AvgIpc) is 2.40. The number of ether oxygens (including phenoxy) is 1. The fourth-order valence-corrected chi connectivity index (χ4v) is 3.41. The molecule has 0 radical (unpaired) electrons. The molecule has 1 aromatic carbocycles. The third-order valence-electron chi connectivity index (χ3n) is 3.28. The number of nitrogens with one attached hydrogen (secondary N) is 1. The first-order chi connectivity index (χ1) is 8.40. The largest absolute Gasteiger partial charge is 0.496 e. The van der Waals surface area contributed by atoms with Gasteiger partial charge in [0.15, 0.2) is 0 Å². The zero-order valence-corrected chi connectivity index (χ0v) is 11.3. The Labute approximate surface area is 108 Å². The van der Waals surface area contributed by atoms with Gasteiger partial charge in [-0.1, -0.05) is 18.2 Å². The second-order valence-corrected chi connectivity index (χ2v) is 5.72. The highest BCUT2D eigenvalue weighted by atomic mass is 32.2. The van der Waals surface area contributed by atoms with Gasteiger partial charge in [0.2, 0.25) is 0 Å². The molecule has 0 aromatic heterocycles. The monoisotopic (exact) mass is 251 g/mol. The van der Waals surface area contributed by atoms with Gasteiger partial charge < -0.3 is 10.1 Å². The summed E-state index contributed by atoms with van der Waals surface area (Å²) >= 11 is 2.09. The van der Waals surface area contributed by atoms with Gasteiger partial charge in [0.05, 0.1) is 7.11 Å². The maximum atomic E-state index is 5.34. The van der Waals surface area contributed by atoms with Gasteiger partial charge in [0.1, 0.15) is 5.75 Å². The van der Waals surface area contributed by atoms with Crippen LogP contribution in [0.3, 0.4) is 0 Å². The third kappa shape index (κ3) is 3.93. The van der Waals surface area contributed by atoms with E-state index < -0.39 is 0 Å². The Morgan fingerprint density at radius 3 is 2.82 bits per heavy atom. The van der Waals surface area contributed by atoms with Crippen LogP contribution in [-0.2, 0) is 6.54 Å². The van der Waals surface area contributed by atoms with Gasteiger partial charge in [-0.3, -0.25) is 0 Å². The quantitative estimate of drug-likeness (QED) is 0.869. The Hall–Kier alpha value is -0.670. The number of methoxy groups -OCH3 is 1. The first-order valence-electron chi connectivity index (χ1n) is 6.30. The summed E-state index contributed by atoms with van der Waals surface area (Å²) in [4.78, 5) is 0. The van der Waals surface area contributed by atoms with E-state index >= 15 is 0 Å². The lowest BCUT2D eigenvalue weighted by molar-refractivity contribution is 0.403. The second kappa shape index (κ2) is 6.92. The Kier molecular flexibility index (Phi) is 5.20. The number of hydrogen-bond acceptors (Lipinski definition) is 3. The average molecular weight is 251 g/mol. The van der Waals surface area contributed by atoms with Crippen molar-refractivity contribution in [3.05, 3.63) is 29.8 Å². The lowest BCUT2D eigenvalue weighted by Gasteiger charge is -2.21. The van der Waals surface area contributed by atoms with Crippen LogP contribution in [0.5, 0.6) is 5.75 Å². The highest BCUT2D eigenvalue weighted by Gasteiger charge is 2.13. The Morgan fingerprint density at radius 2 is 2.06 bits per heavy atom. The van der Waals surface area contributed by atoms with E-state index in [0.29, 0.717) is 0 Å². The fourth-order valence-electron chi connectivity index (χ4n) is 2.21. The van der Waals surface area contributed by atoms with Gasteiger partial charge in [-0.25, -0.2) is 0 Å². The van der Waals surface area contributed by atoms with Gasteiger partial charge in [0.25, 0.3) is 0 Å². The molecule has 0 spiro atoms. The van der Waals surface area contributed by atoms with E-state index in [4.69, 9.17) is 4.74 Å². The molecule has 0 amide bonds. The van der Waals surface area contributed by atoms with Crippen molar-refractivity contribution < 1.29 is 4.74 Å². The van der Waals surface area contributed by atoms with Crippen molar-refractivity contribution in [2.24, 2.45) is 5.92 Å². The van der Waals surface area contributed by atoms with E-state index in [0.717, 1.165) is 24.8 Å². The molecule has 1 N–H and O–H groups in total. The molecule has 1 saturated heterocycles. The number of hydrogen-bond donors (Lipinski definition) is 1. The van der Waals surface area contributed by atoms with Gasteiger partial charge in [-0.15, -0.1) is 0 Å². The molecular formula is C14H21NOS. The SMILES string of the molecule is COc1ccccc1CNCC1CCSCC1. The number of rotatable bonds is 5. The molecule has 2 nitrogen and oxygen atoms in total. The molecule has 1 aliphatic rings. The smallest absolute Gasteiger partial charge is 0.123 e. The lowest BCUT2D eigenvalue weighted by Crippen LogP contribution is -2.25. The van der Waals surface area contributed by atoms with E-state index in [2.05, 4.69) is 29.2 Å². The van der Waals surface area contributed by atoms with Crippen LogP contribution in [0.1, 0.15) is 18.4 Å². The number of thioether (sulfide) groups is 1. The van der Waals surface area contributed by atoms with Crippen molar-refractivity contribution in [3.63, 3.8) is 0 Å². The molecule has 1 aromatic rings. The van der Waals surface area contributed by atoms with Crippen LogP contribution in [0.25, 0.3) is 0 Å². The molecule has 2 rings (SSSR count). The van der Waals surface area contributed by atoms with Crippen LogP contribution in [0.2, 0.25) is 0 Å². The highest BCUT2D eigenvalue weighted by molar-refractivity contribution is 7.99. The summed E-state index contributed by atoms with van der Waals surface area (Å²) in [6, 6.07) is 8.23. The van der Waals surface area contributed by atoms with E-state index in [-0.39, 0.29) is 0 Å². The Bertz CT molecular complexity index is 337. The standard InChI is InChI=1S/C14H21NOS/c1-16-14-5-3-2-4-13(14)11-15-10-12-6-8-17-9-7-12/h2-5,12,15H,6-11H2,1H3. The summed E-state index contributed by atoms with van der Waals surface area (Å²) in [6.45, 7) is 2.05. The number of benzene rings is 1. The molecule has 94 valence electrons. The zero-order chi connectivity index (χ0) is 11.9. The minimum absolute atomic E-state index is 0.867. The minimum atomic E-state index is 0.867. The maximum Gasteiger partial charge on any atom is 0.123 e. The molecule has 0 aliphatic carbocycles. The summed E-state index contributed by atoms with van der Waals surface area (Å²) in [6.07, 6.45) is 2.73. The van der Waals surface area contributed by atoms with Crippen molar-refractivity contribution in [1.29, 1.82) is 0 Å².